The Labute approximate surface area is 158 Å². The molecule has 1 atom stereocenters. The number of ether oxygens (including phenoxy) is 1. The predicted molar refractivity (Wildman–Crippen MR) is 105 cm³/mol. The number of hydrazine groups is 1. The van der Waals surface area contributed by atoms with E-state index in [0.717, 1.165) is 21.9 Å². The Bertz CT molecular complexity index is 968. The Hall–Kier alpha value is -3.34. The number of nitrogens with one attached hydrogen (secondary N) is 2. The molecule has 0 aliphatic heterocycles. The van der Waals surface area contributed by atoms with Gasteiger partial charge in [-0.3, -0.25) is 20.4 Å². The lowest BCUT2D eigenvalue weighted by molar-refractivity contribution is -0.132. The summed E-state index contributed by atoms with van der Waals surface area (Å²) in [5.74, 6) is -0.102. The molecule has 3 rings (SSSR count). The highest BCUT2D eigenvalue weighted by Crippen LogP contribution is 2.21. The molecule has 5 heteroatoms. The van der Waals surface area contributed by atoms with Crippen molar-refractivity contribution in [3.8, 4) is 5.75 Å². The maximum atomic E-state index is 12.2. The zero-order valence-electron chi connectivity index (χ0n) is 15.4. The van der Waals surface area contributed by atoms with Crippen molar-refractivity contribution in [2.45, 2.75) is 26.4 Å². The molecule has 0 saturated carbocycles. The van der Waals surface area contributed by atoms with Gasteiger partial charge >= 0.3 is 0 Å². The van der Waals surface area contributed by atoms with Gasteiger partial charge in [0.2, 0.25) is 5.91 Å². The van der Waals surface area contributed by atoms with E-state index in [4.69, 9.17) is 4.74 Å². The van der Waals surface area contributed by atoms with Gasteiger partial charge in [0.25, 0.3) is 5.91 Å². The molecule has 0 fully saturated rings. The monoisotopic (exact) mass is 362 g/mol. The number of amides is 2. The van der Waals surface area contributed by atoms with Crippen molar-refractivity contribution >= 4 is 22.6 Å². The van der Waals surface area contributed by atoms with Gasteiger partial charge in [-0.2, -0.15) is 0 Å². The second-order valence-electron chi connectivity index (χ2n) is 6.47. The summed E-state index contributed by atoms with van der Waals surface area (Å²) in [4.78, 5) is 24.2. The van der Waals surface area contributed by atoms with Crippen LogP contribution in [0.4, 0.5) is 0 Å². The largest absolute Gasteiger partial charge is 0.481 e. The molecule has 0 bridgehead atoms. The van der Waals surface area contributed by atoms with E-state index in [1.165, 1.54) is 0 Å². The molecule has 3 aromatic rings. The molecular weight excluding hydrogens is 340 g/mol. The van der Waals surface area contributed by atoms with Gasteiger partial charge in [0.05, 0.1) is 6.42 Å². The minimum atomic E-state index is -0.745. The van der Waals surface area contributed by atoms with Crippen LogP contribution in [-0.4, -0.2) is 17.9 Å². The fourth-order valence-electron chi connectivity index (χ4n) is 2.78. The molecule has 0 radical (unpaired) electrons. The molecule has 2 amide bonds. The van der Waals surface area contributed by atoms with Crippen LogP contribution in [0.3, 0.4) is 0 Å². The molecule has 3 aromatic carbocycles. The normalized spacial score (nSPS) is 11.6. The lowest BCUT2D eigenvalue weighted by atomic mass is 10.1. The zero-order valence-corrected chi connectivity index (χ0v) is 15.4. The van der Waals surface area contributed by atoms with Crippen LogP contribution in [0.2, 0.25) is 0 Å². The van der Waals surface area contributed by atoms with Gasteiger partial charge in [-0.05, 0) is 42.3 Å². The van der Waals surface area contributed by atoms with E-state index in [9.17, 15) is 9.59 Å². The molecule has 0 aliphatic rings. The maximum Gasteiger partial charge on any atom is 0.279 e. The van der Waals surface area contributed by atoms with E-state index in [1.807, 2.05) is 73.7 Å². The first-order valence-electron chi connectivity index (χ1n) is 8.81. The minimum Gasteiger partial charge on any atom is -0.481 e. The average Bonchev–Trinajstić information content (AvgIpc) is 2.66. The Kier molecular flexibility index (Phi) is 5.71. The van der Waals surface area contributed by atoms with E-state index < -0.39 is 12.0 Å². The summed E-state index contributed by atoms with van der Waals surface area (Å²) in [7, 11) is 0. The van der Waals surface area contributed by atoms with E-state index in [-0.39, 0.29) is 12.3 Å². The van der Waals surface area contributed by atoms with E-state index in [0.29, 0.717) is 5.75 Å². The summed E-state index contributed by atoms with van der Waals surface area (Å²) in [5.41, 5.74) is 6.82. The van der Waals surface area contributed by atoms with Crippen molar-refractivity contribution in [1.29, 1.82) is 0 Å². The van der Waals surface area contributed by atoms with Crippen molar-refractivity contribution in [3.63, 3.8) is 0 Å². The molecule has 1 unspecified atom stereocenters. The zero-order chi connectivity index (χ0) is 19.2. The van der Waals surface area contributed by atoms with Crippen molar-refractivity contribution < 1.29 is 14.3 Å². The molecule has 2 N–H and O–H groups in total. The van der Waals surface area contributed by atoms with Crippen LogP contribution in [0.5, 0.6) is 5.75 Å². The number of benzene rings is 3. The lowest BCUT2D eigenvalue weighted by Crippen LogP contribution is -2.47. The Balaban J connectivity index is 1.51. The molecule has 0 saturated heterocycles. The first-order valence-corrected chi connectivity index (χ1v) is 8.81. The van der Waals surface area contributed by atoms with E-state index in [2.05, 4.69) is 10.9 Å². The molecule has 138 valence electrons. The maximum absolute atomic E-state index is 12.2. The van der Waals surface area contributed by atoms with Crippen LogP contribution < -0.4 is 15.6 Å². The number of fused-ring (bicyclic) bond motifs is 1. The first kappa shape index (κ1) is 18.5. The molecule has 0 aliphatic carbocycles. The topological polar surface area (TPSA) is 67.4 Å². The number of hydrogen-bond acceptors (Lipinski definition) is 3. The van der Waals surface area contributed by atoms with Gasteiger partial charge in [-0.25, -0.2) is 0 Å². The third kappa shape index (κ3) is 5.07. The van der Waals surface area contributed by atoms with Gasteiger partial charge < -0.3 is 4.74 Å². The van der Waals surface area contributed by atoms with Gasteiger partial charge in [0, 0.05) is 0 Å². The summed E-state index contributed by atoms with van der Waals surface area (Å²) in [6, 6.07) is 21.2. The van der Waals surface area contributed by atoms with Crippen LogP contribution in [0.15, 0.2) is 66.7 Å². The molecule has 0 spiro atoms. The van der Waals surface area contributed by atoms with Crippen LogP contribution in [-0.2, 0) is 16.0 Å². The second-order valence-corrected chi connectivity index (χ2v) is 6.47. The Morgan fingerprint density at radius 1 is 0.926 bits per heavy atom. The summed E-state index contributed by atoms with van der Waals surface area (Å²) in [6.45, 7) is 3.60. The first-order chi connectivity index (χ1) is 13.0. The van der Waals surface area contributed by atoms with Gasteiger partial charge in [0.15, 0.2) is 6.10 Å². The van der Waals surface area contributed by atoms with Crippen LogP contribution in [0.1, 0.15) is 18.1 Å². The number of rotatable bonds is 5. The summed E-state index contributed by atoms with van der Waals surface area (Å²) >= 11 is 0. The third-order valence-electron chi connectivity index (χ3n) is 4.18. The Morgan fingerprint density at radius 3 is 2.48 bits per heavy atom. The molecular formula is C22H22N2O3. The smallest absolute Gasteiger partial charge is 0.279 e. The predicted octanol–water partition coefficient (Wildman–Crippen LogP) is 3.31. The lowest BCUT2D eigenvalue weighted by Gasteiger charge is -2.15. The number of hydrogen-bond donors (Lipinski definition) is 2. The van der Waals surface area contributed by atoms with E-state index >= 15 is 0 Å². The average molecular weight is 362 g/mol. The van der Waals surface area contributed by atoms with Gasteiger partial charge in [-0.15, -0.1) is 0 Å². The standard InChI is InChI=1S/C22H22N2O3/c1-15-6-5-7-17(12-15)13-21(25)23-24-22(26)16(2)27-20-11-10-18-8-3-4-9-19(18)14-20/h3-12,14,16H,13H2,1-2H3,(H,23,25)(H,24,26). The fraction of sp³-hybridized carbons (Fsp3) is 0.182. The van der Waals surface area contributed by atoms with Crippen molar-refractivity contribution in [2.24, 2.45) is 0 Å². The highest BCUT2D eigenvalue weighted by molar-refractivity contribution is 5.86. The third-order valence-corrected chi connectivity index (χ3v) is 4.18. The highest BCUT2D eigenvalue weighted by Gasteiger charge is 2.15. The second kappa shape index (κ2) is 8.36. The van der Waals surface area contributed by atoms with E-state index in [1.54, 1.807) is 6.92 Å². The van der Waals surface area contributed by atoms with Crippen LogP contribution >= 0.6 is 0 Å². The van der Waals surface area contributed by atoms with Crippen molar-refractivity contribution in [1.82, 2.24) is 10.9 Å². The quantitative estimate of drug-likeness (QED) is 0.685. The number of carbonyl (C=O) groups excluding carboxylic acids is 2. The molecule has 27 heavy (non-hydrogen) atoms. The summed E-state index contributed by atoms with van der Waals surface area (Å²) in [6.07, 6.45) is -0.549. The van der Waals surface area contributed by atoms with Crippen LogP contribution in [0, 0.1) is 6.92 Å². The fourth-order valence-corrected chi connectivity index (χ4v) is 2.78. The number of aryl methyl sites for hydroxylation is 1. The van der Waals surface area contributed by atoms with Crippen molar-refractivity contribution in [3.05, 3.63) is 77.9 Å². The van der Waals surface area contributed by atoms with Gasteiger partial charge in [0.1, 0.15) is 5.75 Å². The number of carbonyl (C=O) groups is 2. The summed E-state index contributed by atoms with van der Waals surface area (Å²) in [5, 5.41) is 2.14. The van der Waals surface area contributed by atoms with Crippen LogP contribution in [0.25, 0.3) is 10.8 Å². The summed E-state index contributed by atoms with van der Waals surface area (Å²) < 4.78 is 5.69. The Morgan fingerprint density at radius 2 is 1.70 bits per heavy atom. The SMILES string of the molecule is Cc1cccc(CC(=O)NNC(=O)C(C)Oc2ccc3ccccc3c2)c1. The minimum absolute atomic E-state index is 0.196. The van der Waals surface area contributed by atoms with Gasteiger partial charge in [-0.1, -0.05) is 60.2 Å². The highest BCUT2D eigenvalue weighted by atomic mass is 16.5. The molecule has 0 heterocycles. The molecule has 0 aromatic heterocycles. The molecule has 5 nitrogen and oxygen atoms in total. The van der Waals surface area contributed by atoms with Crippen molar-refractivity contribution in [2.75, 3.05) is 0 Å².